The Balaban J connectivity index is 1.61. The van der Waals surface area contributed by atoms with Crippen LogP contribution in [0.25, 0.3) is 22.2 Å². The maximum Gasteiger partial charge on any atom is 0.428 e. The lowest BCUT2D eigenvalue weighted by Gasteiger charge is -2.28. The highest BCUT2D eigenvalue weighted by Crippen LogP contribution is 2.46. The number of aliphatic hydroxyl groups is 2. The molecule has 13 heteroatoms. The third-order valence-electron chi connectivity index (χ3n) is 6.86. The smallest absolute Gasteiger partial charge is 0.428 e. The number of methoxy groups -OCH3 is 1. The topological polar surface area (TPSA) is 140 Å². The number of aliphatic hydroxyl groups excluding tert-OH is 1. The largest absolute Gasteiger partial charge is 0.494 e. The van der Waals surface area contributed by atoms with E-state index in [1.54, 1.807) is 6.07 Å². The first-order valence-electron chi connectivity index (χ1n) is 12.5. The van der Waals surface area contributed by atoms with Gasteiger partial charge in [-0.2, -0.15) is 13.2 Å². The summed E-state index contributed by atoms with van der Waals surface area (Å²) in [6.07, 6.45) is -5.31. The summed E-state index contributed by atoms with van der Waals surface area (Å²) in [5.41, 5.74) is 1.05. The van der Waals surface area contributed by atoms with Crippen molar-refractivity contribution >= 4 is 23.0 Å². The maximum atomic E-state index is 14.5. The van der Waals surface area contributed by atoms with Crippen LogP contribution in [0.2, 0.25) is 0 Å². The summed E-state index contributed by atoms with van der Waals surface area (Å²) in [5.74, 6) is -1.48. The molecule has 218 valence electrons. The maximum absolute atomic E-state index is 14.5. The van der Waals surface area contributed by atoms with Crippen molar-refractivity contribution in [3.05, 3.63) is 82.9 Å². The van der Waals surface area contributed by atoms with Crippen LogP contribution in [0.5, 0.6) is 11.5 Å². The molecule has 0 bridgehead atoms. The molecule has 2 atom stereocenters. The number of nitrogens with zero attached hydrogens (tertiary/aromatic N) is 3. The predicted octanol–water partition coefficient (Wildman–Crippen LogP) is 4.16. The summed E-state index contributed by atoms with van der Waals surface area (Å²) in [6.45, 7) is 1.11. The minimum Gasteiger partial charge on any atom is -0.494 e. The molecule has 1 aliphatic heterocycles. The number of aromatic nitrogens is 2. The number of hydrogen-bond acceptors (Lipinski definition) is 8. The molecule has 3 heterocycles. The molecule has 0 saturated carbocycles. The highest BCUT2D eigenvalue weighted by Gasteiger charge is 2.56. The van der Waals surface area contributed by atoms with Gasteiger partial charge in [0.05, 0.1) is 36.9 Å². The van der Waals surface area contributed by atoms with E-state index in [1.165, 1.54) is 44.4 Å². The summed E-state index contributed by atoms with van der Waals surface area (Å²) in [7, 11) is 1.31. The second kappa shape index (κ2) is 10.4. The van der Waals surface area contributed by atoms with Crippen molar-refractivity contribution in [3.63, 3.8) is 0 Å². The van der Waals surface area contributed by atoms with Crippen molar-refractivity contribution < 1.29 is 42.0 Å². The van der Waals surface area contributed by atoms with Gasteiger partial charge in [0.2, 0.25) is 5.60 Å². The molecule has 9 nitrogen and oxygen atoms in total. The highest BCUT2D eigenvalue weighted by molar-refractivity contribution is 6.03. The van der Waals surface area contributed by atoms with Crippen LogP contribution < -0.4 is 15.2 Å². The van der Waals surface area contributed by atoms with Crippen molar-refractivity contribution in [3.8, 4) is 22.8 Å². The molecule has 0 fully saturated rings. The average molecular weight is 585 g/mol. The van der Waals surface area contributed by atoms with Crippen LogP contribution >= 0.6 is 0 Å². The summed E-state index contributed by atoms with van der Waals surface area (Å²) < 4.78 is 68.1. The molecule has 0 radical (unpaired) electrons. The van der Waals surface area contributed by atoms with Crippen molar-refractivity contribution in [1.82, 2.24) is 9.97 Å². The van der Waals surface area contributed by atoms with E-state index in [0.717, 1.165) is 18.2 Å². The number of alkyl halides is 3. The first kappa shape index (κ1) is 29.0. The number of carbonyl (C=O) groups is 1. The number of fused-ring (bicyclic) bond motifs is 2. The van der Waals surface area contributed by atoms with E-state index in [4.69, 9.17) is 15.2 Å². The molecule has 42 heavy (non-hydrogen) atoms. The molecule has 2 unspecified atom stereocenters. The average Bonchev–Trinajstić information content (AvgIpc) is 3.28. The lowest BCUT2D eigenvalue weighted by Crippen LogP contribution is -2.45. The van der Waals surface area contributed by atoms with Gasteiger partial charge in [0.25, 0.3) is 5.91 Å². The third kappa shape index (κ3) is 5.06. The normalized spacial score (nSPS) is 18.1. The zero-order valence-corrected chi connectivity index (χ0v) is 22.2. The van der Waals surface area contributed by atoms with Crippen LogP contribution in [0.3, 0.4) is 0 Å². The molecule has 2 aromatic carbocycles. The second-order valence-corrected chi connectivity index (χ2v) is 9.98. The number of hydrogen-bond donors (Lipinski definition) is 3. The Morgan fingerprint density at radius 1 is 1.17 bits per heavy atom. The van der Waals surface area contributed by atoms with Crippen molar-refractivity contribution in [2.45, 2.75) is 30.8 Å². The van der Waals surface area contributed by atoms with E-state index in [-0.39, 0.29) is 53.3 Å². The Morgan fingerprint density at radius 2 is 1.88 bits per heavy atom. The molecule has 5 rings (SSSR count). The van der Waals surface area contributed by atoms with Crippen LogP contribution in [0, 0.1) is 5.82 Å². The highest BCUT2D eigenvalue weighted by atomic mass is 19.4. The van der Waals surface area contributed by atoms with Gasteiger partial charge in [-0.25, -0.2) is 19.4 Å². The summed E-state index contributed by atoms with van der Waals surface area (Å²) >= 11 is 0. The molecule has 0 saturated heterocycles. The Bertz CT molecular complexity index is 1720. The van der Waals surface area contributed by atoms with Gasteiger partial charge in [-0.15, -0.1) is 0 Å². The molecule has 2 aromatic heterocycles. The van der Waals surface area contributed by atoms with Crippen LogP contribution in [-0.2, 0) is 17.7 Å². The van der Waals surface area contributed by atoms with Gasteiger partial charge in [-0.05, 0) is 55.5 Å². The number of nitrogens with two attached hydrogens (primary N) is 1. The molecule has 0 aliphatic carbocycles. The Kier molecular flexibility index (Phi) is 7.21. The van der Waals surface area contributed by atoms with Gasteiger partial charge < -0.3 is 25.4 Å². The van der Waals surface area contributed by atoms with E-state index in [1.807, 2.05) is 0 Å². The van der Waals surface area contributed by atoms with Crippen LogP contribution in [-0.4, -0.2) is 52.2 Å². The number of ether oxygens (including phenoxy) is 2. The van der Waals surface area contributed by atoms with Gasteiger partial charge >= 0.3 is 6.18 Å². The Morgan fingerprint density at radius 3 is 2.52 bits per heavy atom. The monoisotopic (exact) mass is 584 g/mol. The molecular formula is C29H24F4N4O5. The standard InChI is InChI=1S/C29H24F4N4O5/c1-27(34)14-42-25-20(27)11-22(37-24(25)15-3-6-18(30)7-4-15)28(40,29(31,32)33)13-35-26(39)17-9-16-5-8-19(12-38)36-23(16)21(10-17)41-2/h3-11,13,38,40H,12,14,34H2,1-2H3. The number of rotatable bonds is 6. The summed E-state index contributed by atoms with van der Waals surface area (Å²) in [5, 5.41) is 20.8. The number of halogens is 4. The van der Waals surface area contributed by atoms with Gasteiger partial charge in [-0.3, -0.25) is 4.79 Å². The first-order chi connectivity index (χ1) is 19.8. The molecule has 1 amide bonds. The van der Waals surface area contributed by atoms with Crippen LogP contribution in [0.15, 0.2) is 59.6 Å². The fourth-order valence-electron chi connectivity index (χ4n) is 4.52. The number of benzene rings is 2. The second-order valence-electron chi connectivity index (χ2n) is 9.98. The quantitative estimate of drug-likeness (QED) is 0.227. The van der Waals surface area contributed by atoms with Crippen LogP contribution in [0.1, 0.15) is 34.2 Å². The zero-order valence-electron chi connectivity index (χ0n) is 22.2. The third-order valence-corrected chi connectivity index (χ3v) is 6.86. The van der Waals surface area contributed by atoms with E-state index in [0.29, 0.717) is 16.6 Å². The number of pyridine rings is 2. The number of aliphatic imine (C=N–C) groups is 1. The van der Waals surface area contributed by atoms with Gasteiger partial charge in [0, 0.05) is 22.1 Å². The van der Waals surface area contributed by atoms with Gasteiger partial charge in [-0.1, -0.05) is 6.07 Å². The molecule has 4 N–H and O–H groups in total. The Labute approximate surface area is 236 Å². The minimum atomic E-state index is -5.38. The lowest BCUT2D eigenvalue weighted by molar-refractivity contribution is -0.235. The van der Waals surface area contributed by atoms with E-state index < -0.39 is 34.7 Å². The fraction of sp³-hybridized carbons (Fsp3) is 0.241. The van der Waals surface area contributed by atoms with Gasteiger partial charge in [0.1, 0.15) is 29.4 Å². The van der Waals surface area contributed by atoms with E-state index >= 15 is 0 Å². The molecular weight excluding hydrogens is 560 g/mol. The molecule has 4 aromatic rings. The van der Waals surface area contributed by atoms with Crippen molar-refractivity contribution in [2.75, 3.05) is 13.7 Å². The Hall–Kier alpha value is -4.46. The van der Waals surface area contributed by atoms with Crippen molar-refractivity contribution in [2.24, 2.45) is 10.7 Å². The van der Waals surface area contributed by atoms with E-state index in [2.05, 4.69) is 15.0 Å². The fourth-order valence-corrected chi connectivity index (χ4v) is 4.52. The first-order valence-corrected chi connectivity index (χ1v) is 12.5. The molecule has 1 aliphatic rings. The number of amides is 1. The minimum absolute atomic E-state index is 0.0753. The lowest BCUT2D eigenvalue weighted by atomic mass is 9.90. The number of carbonyl (C=O) groups excluding carboxylic acids is 1. The molecule has 0 spiro atoms. The van der Waals surface area contributed by atoms with E-state index in [9.17, 15) is 32.6 Å². The van der Waals surface area contributed by atoms with Crippen molar-refractivity contribution in [1.29, 1.82) is 0 Å². The summed E-state index contributed by atoms with van der Waals surface area (Å²) in [6, 6.07) is 11.4. The SMILES string of the molecule is COc1cc(C(=O)N=CC(O)(c2cc3c(c(-c4ccc(F)cc4)n2)OCC3(C)N)C(F)(F)F)cc2ccc(CO)nc12. The predicted molar refractivity (Wildman–Crippen MR) is 144 cm³/mol. The van der Waals surface area contributed by atoms with Gasteiger partial charge in [0.15, 0.2) is 5.75 Å². The zero-order chi connectivity index (χ0) is 30.4. The van der Waals surface area contributed by atoms with Crippen LogP contribution in [0.4, 0.5) is 17.6 Å². The summed E-state index contributed by atoms with van der Waals surface area (Å²) in [4.78, 5) is 24.8.